The zero-order valence-corrected chi connectivity index (χ0v) is 7.56. The fourth-order valence-electron chi connectivity index (χ4n) is 0.533. The molecule has 66 valence electrons. The van der Waals surface area contributed by atoms with E-state index in [1.807, 2.05) is 0 Å². The Labute approximate surface area is 76.6 Å². The lowest BCUT2D eigenvalue weighted by Crippen LogP contribution is -2.18. The largest absolute Gasteiger partial charge is 0.405 e. The quantitative estimate of drug-likeness (QED) is 0.508. The van der Waals surface area contributed by atoms with Crippen LogP contribution in [0.4, 0.5) is 0 Å². The van der Waals surface area contributed by atoms with Gasteiger partial charge >= 0.3 is 0 Å². The summed E-state index contributed by atoms with van der Waals surface area (Å²) < 4.78 is 0. The molecule has 0 aliphatic heterocycles. The van der Waals surface area contributed by atoms with Gasteiger partial charge in [-0.3, -0.25) is 4.79 Å². The van der Waals surface area contributed by atoms with E-state index in [0.717, 1.165) is 0 Å². The van der Waals surface area contributed by atoms with Gasteiger partial charge in [0.25, 0.3) is 0 Å². The van der Waals surface area contributed by atoms with Crippen molar-refractivity contribution in [1.82, 2.24) is 5.32 Å². The van der Waals surface area contributed by atoms with Gasteiger partial charge < -0.3 is 11.1 Å². The number of nitrogens with one attached hydrogen (secondary N) is 1. The predicted molar refractivity (Wildman–Crippen MR) is 50.5 cm³/mol. The summed E-state index contributed by atoms with van der Waals surface area (Å²) in [6.45, 7) is 3.50. The molecule has 0 radical (unpaired) electrons. The standard InChI is InChI=1S/C8H11ClN2O/c1-6(8(12)11-2)5-7(9)3-4-10/h3-5H,1,10H2,2H3,(H,11,12)/b4-3-,7-5+. The molecule has 0 bridgehead atoms. The second-order valence-electron chi connectivity index (χ2n) is 1.99. The van der Waals surface area contributed by atoms with Crippen LogP contribution in [0.3, 0.4) is 0 Å². The summed E-state index contributed by atoms with van der Waals surface area (Å²) in [6, 6.07) is 0. The molecule has 0 aromatic heterocycles. The minimum absolute atomic E-state index is 0.265. The molecule has 12 heavy (non-hydrogen) atoms. The van der Waals surface area contributed by atoms with Gasteiger partial charge in [-0.25, -0.2) is 0 Å². The van der Waals surface area contributed by atoms with Crippen LogP contribution in [-0.2, 0) is 4.79 Å². The third-order valence-electron chi connectivity index (χ3n) is 1.09. The van der Waals surface area contributed by atoms with Crippen molar-refractivity contribution in [1.29, 1.82) is 0 Å². The number of nitrogens with two attached hydrogens (primary N) is 1. The first-order valence-corrected chi connectivity index (χ1v) is 3.66. The van der Waals surface area contributed by atoms with Crippen molar-refractivity contribution < 1.29 is 4.79 Å². The van der Waals surface area contributed by atoms with Gasteiger partial charge in [0.1, 0.15) is 0 Å². The van der Waals surface area contributed by atoms with Gasteiger partial charge in [0.2, 0.25) is 5.91 Å². The van der Waals surface area contributed by atoms with Crippen molar-refractivity contribution in [2.24, 2.45) is 5.73 Å². The molecule has 0 fully saturated rings. The molecule has 3 N–H and O–H groups in total. The number of likely N-dealkylation sites (N-methyl/N-ethyl adjacent to an activating group) is 1. The Morgan fingerprint density at radius 3 is 2.67 bits per heavy atom. The Hall–Kier alpha value is -1.22. The number of allylic oxidation sites excluding steroid dienone is 2. The first-order chi connectivity index (χ1) is 5.61. The third kappa shape index (κ3) is 3.83. The van der Waals surface area contributed by atoms with E-state index in [4.69, 9.17) is 17.3 Å². The van der Waals surface area contributed by atoms with Gasteiger partial charge in [-0.05, 0) is 18.4 Å². The SMILES string of the molecule is C=C(/C=C(Cl)\C=C/N)C(=O)NC. The maximum absolute atomic E-state index is 10.9. The monoisotopic (exact) mass is 186 g/mol. The van der Waals surface area contributed by atoms with Crippen molar-refractivity contribution in [3.63, 3.8) is 0 Å². The first-order valence-electron chi connectivity index (χ1n) is 3.28. The van der Waals surface area contributed by atoms with Crippen LogP contribution < -0.4 is 11.1 Å². The molecule has 0 rings (SSSR count). The molecule has 0 aliphatic rings. The lowest BCUT2D eigenvalue weighted by molar-refractivity contribution is -0.116. The minimum Gasteiger partial charge on any atom is -0.405 e. The Kier molecular flexibility index (Phi) is 4.88. The van der Waals surface area contributed by atoms with Crippen molar-refractivity contribution in [2.45, 2.75) is 0 Å². The predicted octanol–water partition coefficient (Wildman–Crippen LogP) is 0.884. The van der Waals surface area contributed by atoms with Gasteiger partial charge in [0.15, 0.2) is 0 Å². The van der Waals surface area contributed by atoms with Crippen LogP contribution >= 0.6 is 11.6 Å². The zero-order valence-electron chi connectivity index (χ0n) is 6.80. The highest BCUT2D eigenvalue weighted by Gasteiger charge is 2.00. The molecule has 0 atom stereocenters. The number of hydrogen-bond acceptors (Lipinski definition) is 2. The van der Waals surface area contributed by atoms with E-state index in [2.05, 4.69) is 11.9 Å². The highest BCUT2D eigenvalue weighted by Crippen LogP contribution is 2.06. The Balaban J connectivity index is 4.33. The number of hydrogen-bond donors (Lipinski definition) is 2. The lowest BCUT2D eigenvalue weighted by atomic mass is 10.2. The summed E-state index contributed by atoms with van der Waals surface area (Å²) in [5.74, 6) is -0.265. The number of carbonyl (C=O) groups is 1. The maximum atomic E-state index is 10.9. The molecule has 0 aromatic rings. The molecule has 0 heterocycles. The van der Waals surface area contributed by atoms with Crippen LogP contribution in [0.1, 0.15) is 0 Å². The summed E-state index contributed by atoms with van der Waals surface area (Å²) in [4.78, 5) is 10.9. The van der Waals surface area contributed by atoms with Crippen molar-refractivity contribution >= 4 is 17.5 Å². The van der Waals surface area contributed by atoms with Gasteiger partial charge in [-0.2, -0.15) is 0 Å². The molecule has 0 unspecified atom stereocenters. The van der Waals surface area contributed by atoms with Crippen LogP contribution in [-0.4, -0.2) is 13.0 Å². The van der Waals surface area contributed by atoms with Gasteiger partial charge in [-0.15, -0.1) is 0 Å². The molecule has 0 aromatic carbocycles. The number of rotatable bonds is 3. The Morgan fingerprint density at radius 1 is 1.67 bits per heavy atom. The molecule has 0 aliphatic carbocycles. The fourth-order valence-corrected chi connectivity index (χ4v) is 0.737. The van der Waals surface area contributed by atoms with Crippen LogP contribution in [0.5, 0.6) is 0 Å². The summed E-state index contributed by atoms with van der Waals surface area (Å²) in [6.07, 6.45) is 4.19. The zero-order chi connectivity index (χ0) is 9.56. The number of halogens is 1. The number of carbonyl (C=O) groups excluding carboxylic acids is 1. The fraction of sp³-hybridized carbons (Fsp3) is 0.125. The van der Waals surface area contributed by atoms with E-state index in [1.165, 1.54) is 25.4 Å². The third-order valence-corrected chi connectivity index (χ3v) is 1.32. The normalized spacial score (nSPS) is 11.7. The first kappa shape index (κ1) is 10.8. The molecule has 1 amide bonds. The van der Waals surface area contributed by atoms with Gasteiger partial charge in [0, 0.05) is 17.7 Å². The average molecular weight is 187 g/mol. The lowest BCUT2D eigenvalue weighted by Gasteiger charge is -1.96. The molecule has 0 spiro atoms. The molecule has 0 saturated heterocycles. The van der Waals surface area contributed by atoms with Gasteiger partial charge in [-0.1, -0.05) is 18.2 Å². The van der Waals surface area contributed by atoms with E-state index >= 15 is 0 Å². The topological polar surface area (TPSA) is 55.1 Å². The van der Waals surface area contributed by atoms with Crippen molar-refractivity contribution in [3.8, 4) is 0 Å². The van der Waals surface area contributed by atoms with Crippen LogP contribution in [0.25, 0.3) is 0 Å². The second kappa shape index (κ2) is 5.43. The van der Waals surface area contributed by atoms with Crippen molar-refractivity contribution in [3.05, 3.63) is 35.5 Å². The summed E-state index contributed by atoms with van der Waals surface area (Å²) in [7, 11) is 1.52. The molecule has 0 saturated carbocycles. The van der Waals surface area contributed by atoms with Crippen LogP contribution in [0.15, 0.2) is 35.5 Å². The van der Waals surface area contributed by atoms with E-state index in [-0.39, 0.29) is 5.91 Å². The van der Waals surface area contributed by atoms with E-state index in [0.29, 0.717) is 10.6 Å². The number of amides is 1. The summed E-state index contributed by atoms with van der Waals surface area (Å²) in [5.41, 5.74) is 5.37. The highest BCUT2D eigenvalue weighted by atomic mass is 35.5. The smallest absolute Gasteiger partial charge is 0.250 e. The molecular formula is C8H11ClN2O. The maximum Gasteiger partial charge on any atom is 0.250 e. The molecular weight excluding hydrogens is 176 g/mol. The summed E-state index contributed by atoms with van der Waals surface area (Å²) >= 11 is 5.63. The van der Waals surface area contributed by atoms with Crippen LogP contribution in [0.2, 0.25) is 0 Å². The second-order valence-corrected chi connectivity index (χ2v) is 2.43. The Morgan fingerprint density at radius 2 is 2.25 bits per heavy atom. The van der Waals surface area contributed by atoms with E-state index < -0.39 is 0 Å². The highest BCUT2D eigenvalue weighted by molar-refractivity contribution is 6.31. The summed E-state index contributed by atoms with van der Waals surface area (Å²) in [5, 5.41) is 2.78. The van der Waals surface area contributed by atoms with Gasteiger partial charge in [0.05, 0.1) is 0 Å². The molecule has 3 nitrogen and oxygen atoms in total. The van der Waals surface area contributed by atoms with Crippen LogP contribution in [0, 0.1) is 0 Å². The minimum atomic E-state index is -0.265. The average Bonchev–Trinajstić information content (AvgIpc) is 2.03. The molecule has 4 heteroatoms. The van der Waals surface area contributed by atoms with E-state index in [9.17, 15) is 4.79 Å². The Bertz CT molecular complexity index is 243. The van der Waals surface area contributed by atoms with Crippen molar-refractivity contribution in [2.75, 3.05) is 7.05 Å². The van der Waals surface area contributed by atoms with E-state index in [1.54, 1.807) is 0 Å².